The average Bonchev–Trinajstić information content (AvgIpc) is 3.36. The quantitative estimate of drug-likeness (QED) is 0.768. The number of rotatable bonds is 6. The lowest BCUT2D eigenvalue weighted by Gasteiger charge is -2.22. The first-order chi connectivity index (χ1) is 14.4. The van der Waals surface area contributed by atoms with Crippen LogP contribution < -0.4 is 4.74 Å². The second kappa shape index (κ2) is 8.01. The van der Waals surface area contributed by atoms with Gasteiger partial charge in [0.2, 0.25) is 0 Å². The van der Waals surface area contributed by atoms with Crippen LogP contribution in [0.15, 0.2) is 28.8 Å². The molecule has 30 heavy (non-hydrogen) atoms. The normalized spacial score (nSPS) is 24.6. The van der Waals surface area contributed by atoms with E-state index in [1.165, 1.54) is 4.90 Å². The lowest BCUT2D eigenvalue weighted by Crippen LogP contribution is -2.24. The van der Waals surface area contributed by atoms with E-state index in [-0.39, 0.29) is 30.5 Å². The standard InChI is InChI=1S/C22H26N2O6/c1-12-16(11-28-22(27)24(2)3)20(30-23-12)13-7-9-14(10-8-13)29-17-6-4-5-15-18(17)19(15)21(25)26/h7-10,15,17-19H,4-6,11H2,1-3H3,(H,25,26). The molecule has 160 valence electrons. The minimum Gasteiger partial charge on any atom is -0.490 e. The molecule has 4 atom stereocenters. The van der Waals surface area contributed by atoms with E-state index in [9.17, 15) is 14.7 Å². The van der Waals surface area contributed by atoms with Crippen molar-refractivity contribution in [2.24, 2.45) is 17.8 Å². The molecule has 1 aromatic heterocycles. The summed E-state index contributed by atoms with van der Waals surface area (Å²) >= 11 is 0. The fraction of sp³-hybridized carbons (Fsp3) is 0.500. The molecular formula is C22H26N2O6. The Morgan fingerprint density at radius 3 is 2.63 bits per heavy atom. The Hall–Kier alpha value is -3.03. The van der Waals surface area contributed by atoms with Gasteiger partial charge in [0.05, 0.1) is 17.2 Å². The third-order valence-electron chi connectivity index (χ3n) is 6.06. The molecule has 8 nitrogen and oxygen atoms in total. The predicted molar refractivity (Wildman–Crippen MR) is 107 cm³/mol. The van der Waals surface area contributed by atoms with Crippen LogP contribution >= 0.6 is 0 Å². The molecule has 8 heteroatoms. The van der Waals surface area contributed by atoms with Gasteiger partial charge in [0.1, 0.15) is 18.5 Å². The van der Waals surface area contributed by atoms with Crippen molar-refractivity contribution in [1.29, 1.82) is 0 Å². The maximum Gasteiger partial charge on any atom is 0.409 e. The Morgan fingerprint density at radius 2 is 1.97 bits per heavy atom. The van der Waals surface area contributed by atoms with Crippen LogP contribution in [0, 0.1) is 24.7 Å². The molecule has 0 aliphatic heterocycles. The summed E-state index contributed by atoms with van der Waals surface area (Å²) in [7, 11) is 3.24. The van der Waals surface area contributed by atoms with Crippen molar-refractivity contribution >= 4 is 12.1 Å². The van der Waals surface area contributed by atoms with Crippen LogP contribution in [-0.4, -0.2) is 47.4 Å². The van der Waals surface area contributed by atoms with Crippen molar-refractivity contribution < 1.29 is 28.7 Å². The lowest BCUT2D eigenvalue weighted by atomic mass is 9.98. The molecule has 2 aliphatic rings. The molecule has 0 spiro atoms. The first-order valence-corrected chi connectivity index (χ1v) is 10.2. The largest absolute Gasteiger partial charge is 0.490 e. The Morgan fingerprint density at radius 1 is 1.23 bits per heavy atom. The zero-order valence-corrected chi connectivity index (χ0v) is 17.3. The molecule has 4 unspecified atom stereocenters. The van der Waals surface area contributed by atoms with Gasteiger partial charge in [-0.3, -0.25) is 4.79 Å². The number of carbonyl (C=O) groups excluding carboxylic acids is 1. The average molecular weight is 414 g/mol. The van der Waals surface area contributed by atoms with E-state index in [2.05, 4.69) is 5.16 Å². The van der Waals surface area contributed by atoms with E-state index < -0.39 is 12.1 Å². The topological polar surface area (TPSA) is 102 Å². The van der Waals surface area contributed by atoms with Crippen LogP contribution in [0.5, 0.6) is 5.75 Å². The molecule has 0 bridgehead atoms. The number of carbonyl (C=O) groups is 2. The van der Waals surface area contributed by atoms with E-state index in [0.29, 0.717) is 17.2 Å². The van der Waals surface area contributed by atoms with Gasteiger partial charge in [-0.05, 0) is 56.4 Å². The van der Waals surface area contributed by atoms with Crippen LogP contribution in [0.4, 0.5) is 4.79 Å². The fourth-order valence-electron chi connectivity index (χ4n) is 4.42. The second-order valence-electron chi connectivity index (χ2n) is 8.24. The van der Waals surface area contributed by atoms with Gasteiger partial charge in [-0.15, -0.1) is 0 Å². The molecule has 1 N–H and O–H groups in total. The summed E-state index contributed by atoms with van der Waals surface area (Å²) in [5.74, 6) is 0.658. The van der Waals surface area contributed by atoms with Gasteiger partial charge in [0.15, 0.2) is 5.76 Å². The van der Waals surface area contributed by atoms with Crippen molar-refractivity contribution in [2.45, 2.75) is 38.9 Å². The van der Waals surface area contributed by atoms with Crippen molar-refractivity contribution in [3.63, 3.8) is 0 Å². The molecule has 2 fully saturated rings. The summed E-state index contributed by atoms with van der Waals surface area (Å²) in [6.07, 6.45) is 2.38. The maximum atomic E-state index is 11.7. The number of aliphatic carboxylic acids is 1. The number of benzene rings is 1. The Labute approximate surface area is 174 Å². The number of nitrogens with zero attached hydrogens (tertiary/aromatic N) is 2. The van der Waals surface area contributed by atoms with Crippen LogP contribution in [0.2, 0.25) is 0 Å². The maximum absolute atomic E-state index is 11.7. The minimum atomic E-state index is -0.709. The highest BCUT2D eigenvalue weighted by Crippen LogP contribution is 2.56. The summed E-state index contributed by atoms with van der Waals surface area (Å²) < 4.78 is 16.9. The van der Waals surface area contributed by atoms with E-state index in [1.54, 1.807) is 21.0 Å². The zero-order chi connectivity index (χ0) is 21.4. The monoisotopic (exact) mass is 414 g/mol. The van der Waals surface area contributed by atoms with Gasteiger partial charge in [-0.25, -0.2) is 4.79 Å². The summed E-state index contributed by atoms with van der Waals surface area (Å²) in [4.78, 5) is 24.5. The first-order valence-electron chi connectivity index (χ1n) is 10.2. The summed E-state index contributed by atoms with van der Waals surface area (Å²) in [5.41, 5.74) is 2.19. The SMILES string of the molecule is Cc1noc(-c2ccc(OC3CCCC4C(C(=O)O)C34)cc2)c1COC(=O)N(C)C. The highest BCUT2D eigenvalue weighted by molar-refractivity contribution is 5.74. The third-order valence-corrected chi connectivity index (χ3v) is 6.06. The van der Waals surface area contributed by atoms with E-state index in [1.807, 2.05) is 24.3 Å². The van der Waals surface area contributed by atoms with Crippen molar-refractivity contribution in [2.75, 3.05) is 14.1 Å². The Bertz CT molecular complexity index is 936. The number of aryl methyl sites for hydroxylation is 1. The smallest absolute Gasteiger partial charge is 0.409 e. The molecular weight excluding hydrogens is 388 g/mol. The van der Waals surface area contributed by atoms with E-state index in [4.69, 9.17) is 14.0 Å². The second-order valence-corrected chi connectivity index (χ2v) is 8.24. The van der Waals surface area contributed by atoms with Crippen molar-refractivity contribution in [3.8, 4) is 17.1 Å². The van der Waals surface area contributed by atoms with Crippen molar-refractivity contribution in [3.05, 3.63) is 35.5 Å². The zero-order valence-electron chi connectivity index (χ0n) is 17.3. The summed E-state index contributed by atoms with van der Waals surface area (Å²) in [6.45, 7) is 1.87. The molecule has 1 aromatic carbocycles. The van der Waals surface area contributed by atoms with Gasteiger partial charge in [-0.1, -0.05) is 5.16 Å². The molecule has 4 rings (SSSR count). The lowest BCUT2D eigenvalue weighted by molar-refractivity contribution is -0.139. The highest BCUT2D eigenvalue weighted by atomic mass is 16.6. The van der Waals surface area contributed by atoms with E-state index >= 15 is 0 Å². The van der Waals surface area contributed by atoms with Gasteiger partial charge >= 0.3 is 12.1 Å². The molecule has 2 aliphatic carbocycles. The number of aromatic nitrogens is 1. The first kappa shape index (κ1) is 20.3. The predicted octanol–water partition coefficient (Wildman–Crippen LogP) is 3.73. The highest BCUT2D eigenvalue weighted by Gasteiger charge is 2.60. The number of hydrogen-bond acceptors (Lipinski definition) is 6. The van der Waals surface area contributed by atoms with Gasteiger partial charge in [0.25, 0.3) is 0 Å². The van der Waals surface area contributed by atoms with Gasteiger partial charge < -0.3 is 24.0 Å². The molecule has 1 amide bonds. The van der Waals surface area contributed by atoms with E-state index in [0.717, 1.165) is 30.4 Å². The summed E-state index contributed by atoms with van der Waals surface area (Å²) in [5, 5.41) is 13.4. The number of fused-ring (bicyclic) bond motifs is 1. The fourth-order valence-corrected chi connectivity index (χ4v) is 4.42. The molecule has 1 heterocycles. The van der Waals surface area contributed by atoms with Crippen LogP contribution in [0.1, 0.15) is 30.5 Å². The molecule has 0 radical (unpaired) electrons. The van der Waals surface area contributed by atoms with Crippen LogP contribution in [0.3, 0.4) is 0 Å². The minimum absolute atomic E-state index is 0.0516. The van der Waals surface area contributed by atoms with Gasteiger partial charge in [-0.2, -0.15) is 0 Å². The molecule has 2 saturated carbocycles. The summed E-state index contributed by atoms with van der Waals surface area (Å²) in [6, 6.07) is 7.44. The Kier molecular flexibility index (Phi) is 5.40. The number of hydrogen-bond donors (Lipinski definition) is 1. The van der Waals surface area contributed by atoms with Crippen molar-refractivity contribution in [1.82, 2.24) is 10.1 Å². The van der Waals surface area contributed by atoms with Gasteiger partial charge in [0, 0.05) is 25.6 Å². The van der Waals surface area contributed by atoms with Crippen LogP contribution in [0.25, 0.3) is 11.3 Å². The van der Waals surface area contributed by atoms with Crippen LogP contribution in [-0.2, 0) is 16.1 Å². The number of amides is 1. The molecule has 0 saturated heterocycles. The number of ether oxygens (including phenoxy) is 2. The third kappa shape index (κ3) is 3.86. The number of carboxylic acids is 1. The molecule has 2 aromatic rings. The number of carboxylic acid groups (broad SMARTS) is 1. The Balaban J connectivity index is 1.44.